The lowest BCUT2D eigenvalue weighted by atomic mass is 10.00. The van der Waals surface area contributed by atoms with Gasteiger partial charge in [0.05, 0.1) is 6.61 Å². The molecule has 16 heavy (non-hydrogen) atoms. The van der Waals surface area contributed by atoms with Gasteiger partial charge in [-0.05, 0) is 35.6 Å². The normalized spacial score (nSPS) is 14.0. The fraction of sp³-hybridized carbons (Fsp3) is 0.200. The highest BCUT2D eigenvalue weighted by Crippen LogP contribution is 2.30. The van der Waals surface area contributed by atoms with Crippen molar-refractivity contribution in [3.8, 4) is 16.9 Å². The topological polar surface area (TPSA) is 9.23 Å². The Kier molecular flexibility index (Phi) is 2.37. The SMILES string of the molecule is c1ccc(-c2ccc3c(c2)OCCC3)cc1. The Hall–Kier alpha value is -1.76. The summed E-state index contributed by atoms with van der Waals surface area (Å²) in [6.45, 7) is 0.852. The molecule has 1 aliphatic heterocycles. The number of hydrogen-bond donors (Lipinski definition) is 0. The van der Waals surface area contributed by atoms with Crippen molar-refractivity contribution < 1.29 is 4.74 Å². The molecule has 1 aliphatic rings. The van der Waals surface area contributed by atoms with Crippen LogP contribution in [0.2, 0.25) is 0 Å². The van der Waals surface area contributed by atoms with Crippen LogP contribution in [-0.2, 0) is 6.42 Å². The van der Waals surface area contributed by atoms with E-state index in [-0.39, 0.29) is 0 Å². The minimum absolute atomic E-state index is 0.852. The monoisotopic (exact) mass is 210 g/mol. The van der Waals surface area contributed by atoms with Gasteiger partial charge in [-0.25, -0.2) is 0 Å². The molecule has 0 N–H and O–H groups in total. The van der Waals surface area contributed by atoms with Gasteiger partial charge >= 0.3 is 0 Å². The summed E-state index contributed by atoms with van der Waals surface area (Å²) < 4.78 is 5.69. The van der Waals surface area contributed by atoms with Crippen molar-refractivity contribution in [1.82, 2.24) is 0 Å². The number of ether oxygens (including phenoxy) is 1. The van der Waals surface area contributed by atoms with Gasteiger partial charge in [0.2, 0.25) is 0 Å². The molecule has 0 amide bonds. The van der Waals surface area contributed by atoms with Gasteiger partial charge in [0.25, 0.3) is 0 Å². The Morgan fingerprint density at radius 1 is 0.875 bits per heavy atom. The average Bonchev–Trinajstić information content (AvgIpc) is 2.39. The molecule has 1 nitrogen and oxygen atoms in total. The van der Waals surface area contributed by atoms with Crippen molar-refractivity contribution in [2.45, 2.75) is 12.8 Å². The van der Waals surface area contributed by atoms with Crippen LogP contribution in [0.4, 0.5) is 0 Å². The van der Waals surface area contributed by atoms with Crippen molar-refractivity contribution in [3.63, 3.8) is 0 Å². The van der Waals surface area contributed by atoms with E-state index in [1.165, 1.54) is 16.7 Å². The van der Waals surface area contributed by atoms with Gasteiger partial charge in [-0.3, -0.25) is 0 Å². The highest BCUT2D eigenvalue weighted by molar-refractivity contribution is 5.66. The van der Waals surface area contributed by atoms with Crippen LogP contribution in [0.3, 0.4) is 0 Å². The zero-order valence-electron chi connectivity index (χ0n) is 9.15. The predicted molar refractivity (Wildman–Crippen MR) is 65.7 cm³/mol. The second-order valence-electron chi connectivity index (χ2n) is 4.14. The van der Waals surface area contributed by atoms with Crippen LogP contribution in [-0.4, -0.2) is 6.61 Å². The van der Waals surface area contributed by atoms with E-state index >= 15 is 0 Å². The first kappa shape index (κ1) is 9.46. The Bertz CT molecular complexity index is 488. The molecule has 80 valence electrons. The molecule has 0 saturated carbocycles. The number of hydrogen-bond acceptors (Lipinski definition) is 1. The first-order valence-electron chi connectivity index (χ1n) is 5.75. The molecule has 1 heteroatoms. The van der Waals surface area contributed by atoms with Gasteiger partial charge in [0.15, 0.2) is 0 Å². The lowest BCUT2D eigenvalue weighted by Gasteiger charge is -2.17. The van der Waals surface area contributed by atoms with Crippen LogP contribution >= 0.6 is 0 Å². The summed E-state index contributed by atoms with van der Waals surface area (Å²) in [5, 5.41) is 0. The van der Waals surface area contributed by atoms with Gasteiger partial charge in [0, 0.05) is 0 Å². The molecule has 0 fully saturated rings. The highest BCUT2D eigenvalue weighted by atomic mass is 16.5. The van der Waals surface area contributed by atoms with Crippen LogP contribution in [0.1, 0.15) is 12.0 Å². The van der Waals surface area contributed by atoms with Gasteiger partial charge in [-0.2, -0.15) is 0 Å². The maximum absolute atomic E-state index is 5.69. The largest absolute Gasteiger partial charge is 0.493 e. The Morgan fingerprint density at radius 3 is 2.62 bits per heavy atom. The zero-order valence-corrected chi connectivity index (χ0v) is 9.15. The van der Waals surface area contributed by atoms with Crippen LogP contribution in [0.25, 0.3) is 11.1 Å². The number of fused-ring (bicyclic) bond motifs is 1. The third kappa shape index (κ3) is 1.69. The highest BCUT2D eigenvalue weighted by Gasteiger charge is 2.10. The number of benzene rings is 2. The molecule has 0 saturated heterocycles. The van der Waals surface area contributed by atoms with E-state index in [9.17, 15) is 0 Å². The Morgan fingerprint density at radius 2 is 1.75 bits per heavy atom. The molecule has 0 bridgehead atoms. The van der Waals surface area contributed by atoms with E-state index in [1.807, 2.05) is 6.07 Å². The van der Waals surface area contributed by atoms with Crippen molar-refractivity contribution >= 4 is 0 Å². The van der Waals surface area contributed by atoms with Crippen molar-refractivity contribution in [3.05, 3.63) is 54.1 Å². The lowest BCUT2D eigenvalue weighted by Crippen LogP contribution is -2.07. The van der Waals surface area contributed by atoms with Crippen LogP contribution in [0.15, 0.2) is 48.5 Å². The molecule has 0 aromatic heterocycles. The lowest BCUT2D eigenvalue weighted by molar-refractivity contribution is 0.288. The molecular weight excluding hydrogens is 196 g/mol. The minimum Gasteiger partial charge on any atom is -0.493 e. The molecule has 3 rings (SSSR count). The first-order valence-corrected chi connectivity index (χ1v) is 5.75. The first-order chi connectivity index (χ1) is 7.93. The molecular formula is C15H14O. The third-order valence-electron chi connectivity index (χ3n) is 3.02. The molecule has 2 aromatic carbocycles. The standard InChI is InChI=1S/C15H14O/c1-2-5-12(6-3-1)14-9-8-13-7-4-10-16-15(13)11-14/h1-3,5-6,8-9,11H,4,7,10H2. The van der Waals surface area contributed by atoms with Crippen molar-refractivity contribution in [2.75, 3.05) is 6.61 Å². The molecule has 0 spiro atoms. The van der Waals surface area contributed by atoms with Crippen molar-refractivity contribution in [2.24, 2.45) is 0 Å². The van der Waals surface area contributed by atoms with E-state index in [2.05, 4.69) is 42.5 Å². The smallest absolute Gasteiger partial charge is 0.123 e. The second-order valence-corrected chi connectivity index (χ2v) is 4.14. The van der Waals surface area contributed by atoms with E-state index in [4.69, 9.17) is 4.74 Å². The maximum atomic E-state index is 5.69. The molecule has 0 atom stereocenters. The van der Waals surface area contributed by atoms with Crippen LogP contribution < -0.4 is 4.74 Å². The second kappa shape index (κ2) is 4.01. The summed E-state index contributed by atoms with van der Waals surface area (Å²) in [7, 11) is 0. The van der Waals surface area contributed by atoms with Crippen LogP contribution in [0, 0.1) is 0 Å². The summed E-state index contributed by atoms with van der Waals surface area (Å²) in [5.41, 5.74) is 3.83. The van der Waals surface area contributed by atoms with Gasteiger partial charge < -0.3 is 4.74 Å². The summed E-state index contributed by atoms with van der Waals surface area (Å²) in [5.74, 6) is 1.06. The summed E-state index contributed by atoms with van der Waals surface area (Å²) in [4.78, 5) is 0. The predicted octanol–water partition coefficient (Wildman–Crippen LogP) is 3.68. The van der Waals surface area contributed by atoms with Crippen LogP contribution in [0.5, 0.6) is 5.75 Å². The van der Waals surface area contributed by atoms with E-state index in [1.54, 1.807) is 0 Å². The minimum atomic E-state index is 0.852. The van der Waals surface area contributed by atoms with Gasteiger partial charge in [-0.1, -0.05) is 42.5 Å². The van der Waals surface area contributed by atoms with E-state index in [0.717, 1.165) is 25.2 Å². The fourth-order valence-electron chi connectivity index (χ4n) is 2.15. The maximum Gasteiger partial charge on any atom is 0.123 e. The van der Waals surface area contributed by atoms with Gasteiger partial charge in [-0.15, -0.1) is 0 Å². The summed E-state index contributed by atoms with van der Waals surface area (Å²) in [6, 6.07) is 17.0. The van der Waals surface area contributed by atoms with E-state index in [0.29, 0.717) is 0 Å². The molecule has 1 heterocycles. The summed E-state index contributed by atoms with van der Waals surface area (Å²) >= 11 is 0. The molecule has 2 aromatic rings. The Labute approximate surface area is 95.7 Å². The zero-order chi connectivity index (χ0) is 10.8. The van der Waals surface area contributed by atoms with E-state index < -0.39 is 0 Å². The molecule has 0 aliphatic carbocycles. The van der Waals surface area contributed by atoms with Gasteiger partial charge in [0.1, 0.15) is 5.75 Å². The average molecular weight is 210 g/mol. The number of rotatable bonds is 1. The fourth-order valence-corrected chi connectivity index (χ4v) is 2.15. The third-order valence-corrected chi connectivity index (χ3v) is 3.02. The van der Waals surface area contributed by atoms with Crippen molar-refractivity contribution in [1.29, 1.82) is 0 Å². The molecule has 0 radical (unpaired) electrons. The molecule has 0 unspecified atom stereocenters. The summed E-state index contributed by atoms with van der Waals surface area (Å²) in [6.07, 6.45) is 2.28. The Balaban J connectivity index is 2.03. The quantitative estimate of drug-likeness (QED) is 0.697. The number of aryl methyl sites for hydroxylation is 1.